The molecule has 1 amide bonds. The smallest absolute Gasteiger partial charge is 0.338 e. The summed E-state index contributed by atoms with van der Waals surface area (Å²) in [5.74, 6) is -0.691. The molecule has 200 valence electrons. The molecule has 3 rings (SSSR count). The van der Waals surface area contributed by atoms with Crippen molar-refractivity contribution < 1.29 is 33.3 Å². The van der Waals surface area contributed by atoms with Gasteiger partial charge in [0, 0.05) is 16.8 Å². The number of benzene rings is 3. The lowest BCUT2D eigenvalue weighted by atomic mass is 10.1. The van der Waals surface area contributed by atoms with Gasteiger partial charge in [-0.1, -0.05) is 23.7 Å². The molecule has 9 heteroatoms. The van der Waals surface area contributed by atoms with Gasteiger partial charge < -0.3 is 24.3 Å². The average Bonchev–Trinajstić information content (AvgIpc) is 2.87. The zero-order valence-corrected chi connectivity index (χ0v) is 22.6. The van der Waals surface area contributed by atoms with Gasteiger partial charge >= 0.3 is 11.9 Å². The molecule has 0 aliphatic heterocycles. The maximum Gasteiger partial charge on any atom is 0.338 e. The van der Waals surface area contributed by atoms with Gasteiger partial charge in [-0.3, -0.25) is 4.79 Å². The monoisotopic (exact) mass is 539 g/mol. The molecule has 0 saturated carbocycles. The molecule has 0 aromatic heterocycles. The molecular weight excluding hydrogens is 510 g/mol. The Morgan fingerprint density at radius 2 is 1.39 bits per heavy atom. The Bertz CT molecular complexity index is 1280. The zero-order chi connectivity index (χ0) is 27.8. The molecule has 8 nitrogen and oxygen atoms in total. The van der Waals surface area contributed by atoms with Crippen molar-refractivity contribution in [3.8, 4) is 11.5 Å². The van der Waals surface area contributed by atoms with Crippen LogP contribution < -0.4 is 14.8 Å². The Morgan fingerprint density at radius 1 is 0.789 bits per heavy atom. The molecule has 0 aliphatic rings. The van der Waals surface area contributed by atoms with E-state index in [-0.39, 0.29) is 35.6 Å². The summed E-state index contributed by atoms with van der Waals surface area (Å²) >= 11 is 6.18. The number of amides is 1. The van der Waals surface area contributed by atoms with Gasteiger partial charge in [0.1, 0.15) is 18.1 Å². The van der Waals surface area contributed by atoms with Crippen LogP contribution >= 0.6 is 11.6 Å². The predicted octanol–water partition coefficient (Wildman–Crippen LogP) is 6.31. The second-order valence-electron chi connectivity index (χ2n) is 8.91. The number of nitrogens with one attached hydrogen (secondary N) is 1. The molecule has 0 aliphatic carbocycles. The fourth-order valence-electron chi connectivity index (χ4n) is 3.45. The van der Waals surface area contributed by atoms with Gasteiger partial charge in [-0.25, -0.2) is 9.59 Å². The number of hydrogen-bond acceptors (Lipinski definition) is 7. The van der Waals surface area contributed by atoms with Crippen molar-refractivity contribution in [2.24, 2.45) is 0 Å². The van der Waals surface area contributed by atoms with Crippen molar-refractivity contribution in [2.45, 2.75) is 46.5 Å². The third kappa shape index (κ3) is 7.73. The zero-order valence-electron chi connectivity index (χ0n) is 21.9. The summed E-state index contributed by atoms with van der Waals surface area (Å²) in [4.78, 5) is 38.3. The van der Waals surface area contributed by atoms with Gasteiger partial charge in [0.2, 0.25) is 0 Å². The highest BCUT2D eigenvalue weighted by molar-refractivity contribution is 6.32. The van der Waals surface area contributed by atoms with E-state index < -0.39 is 17.8 Å². The summed E-state index contributed by atoms with van der Waals surface area (Å²) in [5, 5.41) is 3.21. The molecule has 0 fully saturated rings. The van der Waals surface area contributed by atoms with E-state index in [0.717, 1.165) is 0 Å². The Kier molecular flexibility index (Phi) is 9.73. The number of methoxy groups -OCH3 is 1. The molecule has 1 N–H and O–H groups in total. The number of hydrogen-bond donors (Lipinski definition) is 1. The van der Waals surface area contributed by atoms with Gasteiger partial charge in [0.15, 0.2) is 0 Å². The number of esters is 2. The van der Waals surface area contributed by atoms with Gasteiger partial charge in [-0.05, 0) is 76.2 Å². The maximum atomic E-state index is 13.2. The van der Waals surface area contributed by atoms with Crippen LogP contribution in [0.5, 0.6) is 11.5 Å². The molecule has 0 spiro atoms. The first-order valence-corrected chi connectivity index (χ1v) is 12.4. The molecule has 0 heterocycles. The first-order chi connectivity index (χ1) is 18.1. The van der Waals surface area contributed by atoms with Crippen LogP contribution in [0.4, 0.5) is 5.69 Å². The van der Waals surface area contributed by atoms with E-state index in [4.69, 9.17) is 30.5 Å². The van der Waals surface area contributed by atoms with Crippen molar-refractivity contribution in [3.05, 3.63) is 87.9 Å². The molecule has 0 radical (unpaired) electrons. The first-order valence-electron chi connectivity index (χ1n) is 12.0. The topological polar surface area (TPSA) is 100 Å². The average molecular weight is 540 g/mol. The lowest BCUT2D eigenvalue weighted by molar-refractivity contribution is 0.0377. The summed E-state index contributed by atoms with van der Waals surface area (Å²) in [5.41, 5.74) is 1.38. The summed E-state index contributed by atoms with van der Waals surface area (Å²) in [6.45, 7) is 6.97. The number of rotatable bonds is 10. The minimum atomic E-state index is -0.627. The van der Waals surface area contributed by atoms with Gasteiger partial charge in [0.25, 0.3) is 5.91 Å². The molecular formula is C29H30ClNO7. The molecule has 0 unspecified atom stereocenters. The van der Waals surface area contributed by atoms with Crippen LogP contribution in [0.15, 0.2) is 60.7 Å². The Labute approximate surface area is 226 Å². The van der Waals surface area contributed by atoms with Crippen LogP contribution in [0, 0.1) is 0 Å². The maximum absolute atomic E-state index is 13.2. The van der Waals surface area contributed by atoms with Crippen LogP contribution in [0.3, 0.4) is 0 Å². The first kappa shape index (κ1) is 28.5. The van der Waals surface area contributed by atoms with Gasteiger partial charge in [-0.2, -0.15) is 0 Å². The number of halogens is 1. The molecule has 38 heavy (non-hydrogen) atoms. The number of carbonyl (C=O) groups excluding carboxylic acids is 3. The molecule has 3 aromatic rings. The summed E-state index contributed by atoms with van der Waals surface area (Å²) in [7, 11) is 1.52. The number of para-hydroxylation sites is 1. The largest absolute Gasteiger partial charge is 0.496 e. The van der Waals surface area contributed by atoms with Crippen molar-refractivity contribution in [1.82, 2.24) is 0 Å². The van der Waals surface area contributed by atoms with Crippen LogP contribution in [-0.4, -0.2) is 37.2 Å². The van der Waals surface area contributed by atoms with Crippen molar-refractivity contribution >= 4 is 35.1 Å². The SMILES string of the molecule is COc1ccc(C(=O)Nc2cc(C(=O)OC(C)C)cc(C(=O)OC(C)C)c2)cc1COc1ccccc1Cl. The predicted molar refractivity (Wildman–Crippen MR) is 144 cm³/mol. The van der Waals surface area contributed by atoms with Crippen LogP contribution in [0.2, 0.25) is 5.02 Å². The van der Waals surface area contributed by atoms with Gasteiger partial charge in [0.05, 0.1) is 35.5 Å². The normalized spacial score (nSPS) is 10.7. The number of carbonyl (C=O) groups is 3. The van der Waals surface area contributed by atoms with Crippen molar-refractivity contribution in [1.29, 1.82) is 0 Å². The molecule has 0 saturated heterocycles. The van der Waals surface area contributed by atoms with Crippen LogP contribution in [-0.2, 0) is 16.1 Å². The quantitative estimate of drug-likeness (QED) is 0.301. The van der Waals surface area contributed by atoms with Crippen molar-refractivity contribution in [2.75, 3.05) is 12.4 Å². The van der Waals surface area contributed by atoms with Gasteiger partial charge in [-0.15, -0.1) is 0 Å². The number of ether oxygens (including phenoxy) is 4. The Hall–Kier alpha value is -4.04. The van der Waals surface area contributed by atoms with E-state index in [1.165, 1.54) is 25.3 Å². The van der Waals surface area contributed by atoms with Crippen LogP contribution in [0.25, 0.3) is 0 Å². The minimum Gasteiger partial charge on any atom is -0.496 e. The summed E-state index contributed by atoms with van der Waals surface area (Å²) in [6.07, 6.45) is -0.727. The minimum absolute atomic E-state index is 0.107. The van der Waals surface area contributed by atoms with E-state index in [1.54, 1.807) is 70.2 Å². The molecule has 0 bridgehead atoms. The van der Waals surface area contributed by atoms with E-state index in [2.05, 4.69) is 5.32 Å². The van der Waals surface area contributed by atoms with Crippen molar-refractivity contribution in [3.63, 3.8) is 0 Å². The fourth-order valence-corrected chi connectivity index (χ4v) is 3.64. The molecule has 0 atom stereocenters. The highest BCUT2D eigenvalue weighted by Crippen LogP contribution is 2.27. The Balaban J connectivity index is 1.87. The number of anilines is 1. The van der Waals surface area contributed by atoms with E-state index in [0.29, 0.717) is 27.6 Å². The third-order valence-corrected chi connectivity index (χ3v) is 5.42. The second kappa shape index (κ2) is 13.0. The second-order valence-corrected chi connectivity index (χ2v) is 9.31. The van der Waals surface area contributed by atoms with E-state index >= 15 is 0 Å². The summed E-state index contributed by atoms with van der Waals surface area (Å²) < 4.78 is 21.8. The van der Waals surface area contributed by atoms with E-state index in [9.17, 15) is 14.4 Å². The van der Waals surface area contributed by atoms with Crippen LogP contribution in [0.1, 0.15) is 64.3 Å². The highest BCUT2D eigenvalue weighted by Gasteiger charge is 2.19. The van der Waals surface area contributed by atoms with E-state index in [1.807, 2.05) is 0 Å². The molecule has 3 aromatic carbocycles. The lowest BCUT2D eigenvalue weighted by Gasteiger charge is -2.15. The lowest BCUT2D eigenvalue weighted by Crippen LogP contribution is -2.17. The fraction of sp³-hybridized carbons (Fsp3) is 0.276. The Morgan fingerprint density at radius 3 is 1.95 bits per heavy atom. The third-order valence-electron chi connectivity index (χ3n) is 5.11. The standard InChI is InChI=1S/C29H30ClNO7/c1-17(2)37-28(33)20-13-21(29(34)38-18(3)4)15-23(14-20)31-27(32)19-10-11-25(35-5)22(12-19)16-36-26-9-7-6-8-24(26)30/h6-15,17-18H,16H2,1-5H3,(H,31,32). The summed E-state index contributed by atoms with van der Waals surface area (Å²) in [6, 6.07) is 16.2. The highest BCUT2D eigenvalue weighted by atomic mass is 35.5.